The highest BCUT2D eigenvalue weighted by molar-refractivity contribution is 6.29. The van der Waals surface area contributed by atoms with Crippen LogP contribution in [0.1, 0.15) is 0 Å². The second kappa shape index (κ2) is 3.31. The minimum Gasteiger partial charge on any atom is -0.334 e. The maximum Gasteiger partial charge on any atom is 0.167 e. The maximum absolute atomic E-state index is 5.87. The lowest BCUT2D eigenvalue weighted by Crippen LogP contribution is -1.93. The van der Waals surface area contributed by atoms with Gasteiger partial charge in [-0.2, -0.15) is 5.10 Å². The lowest BCUT2D eigenvalue weighted by Gasteiger charge is -1.99. The molecule has 0 aliphatic heterocycles. The predicted octanol–water partition coefficient (Wildman–Crippen LogP) is 1.78. The Hall–Kier alpha value is -1.88. The van der Waals surface area contributed by atoms with Crippen LogP contribution in [0.3, 0.4) is 0 Å². The van der Waals surface area contributed by atoms with E-state index in [4.69, 9.17) is 11.6 Å². The predicted molar refractivity (Wildman–Crippen MR) is 60.2 cm³/mol. The van der Waals surface area contributed by atoms with Crippen LogP contribution >= 0.6 is 11.6 Å². The standard InChI is InChI=1S/C10H8ClN5/c1-15-5-3-12-9(15)7-6-13-16-4-2-8(11)14-10(7)16/h2-6H,1H3. The van der Waals surface area contributed by atoms with Gasteiger partial charge in [0.15, 0.2) is 5.65 Å². The van der Waals surface area contributed by atoms with Crippen molar-refractivity contribution in [2.75, 3.05) is 0 Å². The molecule has 0 saturated heterocycles. The van der Waals surface area contributed by atoms with E-state index in [0.717, 1.165) is 11.4 Å². The molecule has 0 fully saturated rings. The number of nitrogens with zero attached hydrogens (tertiary/aromatic N) is 5. The van der Waals surface area contributed by atoms with Crippen molar-refractivity contribution in [3.63, 3.8) is 0 Å². The molecule has 5 nitrogen and oxygen atoms in total. The van der Waals surface area contributed by atoms with E-state index < -0.39 is 0 Å². The molecule has 0 aliphatic carbocycles. The molecule has 3 aromatic heterocycles. The molecule has 0 atom stereocenters. The minimum absolute atomic E-state index is 0.448. The molecule has 80 valence electrons. The molecule has 3 rings (SSSR count). The lowest BCUT2D eigenvalue weighted by molar-refractivity contribution is 0.925. The summed E-state index contributed by atoms with van der Waals surface area (Å²) in [6.45, 7) is 0. The first kappa shape index (κ1) is 9.35. The van der Waals surface area contributed by atoms with Crippen molar-refractivity contribution < 1.29 is 0 Å². The van der Waals surface area contributed by atoms with Gasteiger partial charge in [-0.1, -0.05) is 11.6 Å². The Labute approximate surface area is 96.3 Å². The number of aryl methyl sites for hydroxylation is 1. The van der Waals surface area contributed by atoms with Gasteiger partial charge in [0.1, 0.15) is 11.0 Å². The van der Waals surface area contributed by atoms with Crippen molar-refractivity contribution in [3.05, 3.63) is 36.0 Å². The van der Waals surface area contributed by atoms with Crippen LogP contribution in [0.5, 0.6) is 0 Å². The topological polar surface area (TPSA) is 48.0 Å². The molecule has 0 aromatic carbocycles. The smallest absolute Gasteiger partial charge is 0.167 e. The average Bonchev–Trinajstić information content (AvgIpc) is 2.83. The second-order valence-corrected chi connectivity index (χ2v) is 3.83. The van der Waals surface area contributed by atoms with Crippen LogP contribution in [0, 0.1) is 0 Å². The molecule has 0 spiro atoms. The molecule has 0 unspecified atom stereocenters. The van der Waals surface area contributed by atoms with Crippen LogP contribution in [0.4, 0.5) is 0 Å². The third-order valence-corrected chi connectivity index (χ3v) is 2.61. The van der Waals surface area contributed by atoms with Crippen molar-refractivity contribution >= 4 is 17.2 Å². The van der Waals surface area contributed by atoms with Gasteiger partial charge in [-0.05, 0) is 6.07 Å². The molecular formula is C10H8ClN5. The number of fused-ring (bicyclic) bond motifs is 1. The first-order valence-electron chi connectivity index (χ1n) is 4.73. The molecule has 0 bridgehead atoms. The number of halogens is 1. The Bertz CT molecular complexity index is 654. The van der Waals surface area contributed by atoms with Gasteiger partial charge in [0.2, 0.25) is 0 Å². The van der Waals surface area contributed by atoms with E-state index in [-0.39, 0.29) is 0 Å². The summed E-state index contributed by atoms with van der Waals surface area (Å²) in [5, 5.41) is 4.65. The summed E-state index contributed by atoms with van der Waals surface area (Å²) in [4.78, 5) is 8.51. The molecule has 0 aliphatic rings. The van der Waals surface area contributed by atoms with Gasteiger partial charge in [0, 0.05) is 25.6 Å². The summed E-state index contributed by atoms with van der Waals surface area (Å²) in [6, 6.07) is 1.70. The van der Waals surface area contributed by atoms with Crippen molar-refractivity contribution in [1.29, 1.82) is 0 Å². The summed E-state index contributed by atoms with van der Waals surface area (Å²) < 4.78 is 3.59. The first-order valence-corrected chi connectivity index (χ1v) is 5.11. The average molecular weight is 234 g/mol. The van der Waals surface area contributed by atoms with Crippen LogP contribution in [0.2, 0.25) is 5.15 Å². The molecule has 6 heteroatoms. The van der Waals surface area contributed by atoms with Gasteiger partial charge < -0.3 is 4.57 Å². The summed E-state index contributed by atoms with van der Waals surface area (Å²) in [7, 11) is 1.93. The fourth-order valence-corrected chi connectivity index (χ4v) is 1.77. The number of rotatable bonds is 1. The summed E-state index contributed by atoms with van der Waals surface area (Å²) in [5.74, 6) is 0.824. The van der Waals surface area contributed by atoms with Gasteiger partial charge in [-0.25, -0.2) is 14.5 Å². The van der Waals surface area contributed by atoms with Crippen LogP contribution in [-0.4, -0.2) is 24.1 Å². The van der Waals surface area contributed by atoms with Crippen LogP contribution in [0.15, 0.2) is 30.9 Å². The van der Waals surface area contributed by atoms with Crippen LogP contribution < -0.4 is 0 Å². The van der Waals surface area contributed by atoms with Gasteiger partial charge >= 0.3 is 0 Å². The number of hydrogen-bond donors (Lipinski definition) is 0. The molecule has 16 heavy (non-hydrogen) atoms. The zero-order valence-corrected chi connectivity index (χ0v) is 9.26. The van der Waals surface area contributed by atoms with Crippen LogP contribution in [0.25, 0.3) is 17.0 Å². The Kier molecular flexibility index (Phi) is 1.94. The van der Waals surface area contributed by atoms with Crippen molar-refractivity contribution in [2.45, 2.75) is 0 Å². The van der Waals surface area contributed by atoms with E-state index in [0.29, 0.717) is 10.8 Å². The Morgan fingerprint density at radius 2 is 2.19 bits per heavy atom. The maximum atomic E-state index is 5.87. The zero-order valence-electron chi connectivity index (χ0n) is 8.50. The highest BCUT2D eigenvalue weighted by Gasteiger charge is 2.11. The van der Waals surface area contributed by atoms with Crippen molar-refractivity contribution in [1.82, 2.24) is 24.1 Å². The Morgan fingerprint density at radius 1 is 1.31 bits per heavy atom. The monoisotopic (exact) mass is 233 g/mol. The molecule has 0 N–H and O–H groups in total. The molecule has 3 aromatic rings. The highest BCUT2D eigenvalue weighted by atomic mass is 35.5. The van der Waals surface area contributed by atoms with E-state index in [1.165, 1.54) is 0 Å². The first-order chi connectivity index (χ1) is 7.75. The van der Waals surface area contributed by atoms with Gasteiger partial charge in [-0.15, -0.1) is 0 Å². The van der Waals surface area contributed by atoms with Gasteiger partial charge in [-0.3, -0.25) is 0 Å². The van der Waals surface area contributed by atoms with Crippen molar-refractivity contribution in [2.24, 2.45) is 7.05 Å². The fourth-order valence-electron chi connectivity index (χ4n) is 1.63. The SMILES string of the molecule is Cn1ccnc1-c1cnn2ccc(Cl)nc12. The quantitative estimate of drug-likeness (QED) is 0.602. The number of hydrogen-bond acceptors (Lipinski definition) is 3. The molecule has 3 heterocycles. The molecule has 0 saturated carbocycles. The van der Waals surface area contributed by atoms with E-state index in [9.17, 15) is 0 Å². The third-order valence-electron chi connectivity index (χ3n) is 2.40. The summed E-state index contributed by atoms with van der Waals surface area (Å²) in [5.41, 5.74) is 1.58. The summed E-state index contributed by atoms with van der Waals surface area (Å²) >= 11 is 5.87. The van der Waals surface area contributed by atoms with E-state index >= 15 is 0 Å². The summed E-state index contributed by atoms with van der Waals surface area (Å²) in [6.07, 6.45) is 7.13. The Balaban J connectivity index is 2.32. The van der Waals surface area contributed by atoms with Gasteiger partial charge in [0.25, 0.3) is 0 Å². The fraction of sp³-hybridized carbons (Fsp3) is 0.100. The second-order valence-electron chi connectivity index (χ2n) is 3.44. The van der Waals surface area contributed by atoms with E-state index in [2.05, 4.69) is 15.1 Å². The zero-order chi connectivity index (χ0) is 11.1. The largest absolute Gasteiger partial charge is 0.334 e. The van der Waals surface area contributed by atoms with Crippen LogP contribution in [-0.2, 0) is 7.05 Å². The molecule has 0 radical (unpaired) electrons. The van der Waals surface area contributed by atoms with E-state index in [1.54, 1.807) is 29.2 Å². The van der Waals surface area contributed by atoms with Gasteiger partial charge in [0.05, 0.1) is 11.8 Å². The number of imidazole rings is 1. The van der Waals surface area contributed by atoms with E-state index in [1.807, 2.05) is 17.8 Å². The highest BCUT2D eigenvalue weighted by Crippen LogP contribution is 2.21. The minimum atomic E-state index is 0.448. The molecule has 0 amide bonds. The lowest BCUT2D eigenvalue weighted by atomic mass is 10.3. The van der Waals surface area contributed by atoms with Crippen molar-refractivity contribution in [3.8, 4) is 11.4 Å². The normalized spacial score (nSPS) is 11.1. The molecular weight excluding hydrogens is 226 g/mol. The third kappa shape index (κ3) is 1.29. The number of aromatic nitrogens is 5. The Morgan fingerprint density at radius 3 is 2.94 bits per heavy atom.